The maximum absolute atomic E-state index is 10.6. The molecular formula is C13H11BrN2O2S. The van der Waals surface area contributed by atoms with Crippen molar-refractivity contribution in [1.82, 2.24) is 0 Å². The maximum atomic E-state index is 10.6. The van der Waals surface area contributed by atoms with Gasteiger partial charge in [0.1, 0.15) is 0 Å². The van der Waals surface area contributed by atoms with Crippen molar-refractivity contribution in [2.75, 3.05) is 0 Å². The Bertz CT molecular complexity index is 602. The number of hydrogen-bond acceptors (Lipinski definition) is 4. The molecule has 0 aliphatic heterocycles. The van der Waals surface area contributed by atoms with Gasteiger partial charge in [-0.25, -0.2) is 0 Å². The topological polar surface area (TPSA) is 69.2 Å². The smallest absolute Gasteiger partial charge is 0.269 e. The quantitative estimate of drug-likeness (QED) is 0.676. The molecule has 0 aliphatic rings. The number of hydrogen-bond donors (Lipinski definition) is 1. The Morgan fingerprint density at radius 1 is 1.21 bits per heavy atom. The van der Waals surface area contributed by atoms with E-state index >= 15 is 0 Å². The van der Waals surface area contributed by atoms with Crippen molar-refractivity contribution < 1.29 is 4.92 Å². The van der Waals surface area contributed by atoms with E-state index in [-0.39, 0.29) is 5.69 Å². The van der Waals surface area contributed by atoms with Crippen LogP contribution in [0.3, 0.4) is 0 Å². The maximum Gasteiger partial charge on any atom is 0.269 e. The first-order chi connectivity index (χ1) is 9.10. The first-order valence-electron chi connectivity index (χ1n) is 5.51. The lowest BCUT2D eigenvalue weighted by atomic mass is 10.2. The first-order valence-corrected chi connectivity index (χ1v) is 7.12. The molecule has 0 aromatic heterocycles. The van der Waals surface area contributed by atoms with Gasteiger partial charge in [-0.1, -0.05) is 27.7 Å². The van der Waals surface area contributed by atoms with Crippen molar-refractivity contribution in [3.63, 3.8) is 0 Å². The molecule has 0 aliphatic carbocycles. The summed E-state index contributed by atoms with van der Waals surface area (Å²) < 4.78 is 0.987. The zero-order valence-corrected chi connectivity index (χ0v) is 12.3. The number of non-ortho nitro benzene ring substituents is 1. The standard InChI is InChI=1S/C13H11BrN2O2S/c14-10-1-6-13(9(7-10)8-15)19-12-4-2-11(3-5-12)16(17)18/h1-7H,8,15H2. The van der Waals surface area contributed by atoms with Crippen LogP contribution in [0.4, 0.5) is 5.69 Å². The normalized spacial score (nSPS) is 10.4. The van der Waals surface area contributed by atoms with E-state index < -0.39 is 4.92 Å². The minimum absolute atomic E-state index is 0.0965. The third-order valence-corrected chi connectivity index (χ3v) is 4.14. The molecule has 4 nitrogen and oxygen atoms in total. The molecule has 0 bridgehead atoms. The molecule has 19 heavy (non-hydrogen) atoms. The fourth-order valence-electron chi connectivity index (χ4n) is 1.57. The Morgan fingerprint density at radius 2 is 1.89 bits per heavy atom. The molecule has 2 aromatic carbocycles. The summed E-state index contributed by atoms with van der Waals surface area (Å²) in [4.78, 5) is 12.2. The average Bonchev–Trinajstić information content (AvgIpc) is 2.41. The predicted octanol–water partition coefficient (Wildman–Crippen LogP) is 3.97. The van der Waals surface area contributed by atoms with Crippen molar-refractivity contribution in [3.8, 4) is 0 Å². The van der Waals surface area contributed by atoms with E-state index in [2.05, 4.69) is 15.9 Å². The van der Waals surface area contributed by atoms with Gasteiger partial charge in [-0.3, -0.25) is 10.1 Å². The molecule has 0 unspecified atom stereocenters. The van der Waals surface area contributed by atoms with Gasteiger partial charge in [0.25, 0.3) is 5.69 Å². The lowest BCUT2D eigenvalue weighted by Crippen LogP contribution is -1.98. The third kappa shape index (κ3) is 3.56. The van der Waals surface area contributed by atoms with Gasteiger partial charge in [-0.05, 0) is 35.9 Å². The molecule has 0 atom stereocenters. The lowest BCUT2D eigenvalue weighted by molar-refractivity contribution is -0.384. The summed E-state index contributed by atoms with van der Waals surface area (Å²) in [5.74, 6) is 0. The highest BCUT2D eigenvalue weighted by atomic mass is 79.9. The fourth-order valence-corrected chi connectivity index (χ4v) is 2.91. The molecule has 0 saturated heterocycles. The van der Waals surface area contributed by atoms with Crippen LogP contribution in [0.15, 0.2) is 56.7 Å². The van der Waals surface area contributed by atoms with Crippen LogP contribution in [0.25, 0.3) is 0 Å². The summed E-state index contributed by atoms with van der Waals surface area (Å²) in [5.41, 5.74) is 6.85. The molecule has 0 amide bonds. The summed E-state index contributed by atoms with van der Waals surface area (Å²) in [7, 11) is 0. The van der Waals surface area contributed by atoms with E-state index in [1.165, 1.54) is 12.1 Å². The highest BCUT2D eigenvalue weighted by Gasteiger charge is 2.07. The van der Waals surface area contributed by atoms with Gasteiger partial charge < -0.3 is 5.73 Å². The number of benzene rings is 2. The zero-order valence-electron chi connectivity index (χ0n) is 9.88. The molecule has 0 spiro atoms. The van der Waals surface area contributed by atoms with E-state index in [4.69, 9.17) is 5.73 Å². The molecule has 0 saturated carbocycles. The Kier molecular flexibility index (Phi) is 4.57. The number of nitro benzene ring substituents is 1. The monoisotopic (exact) mass is 338 g/mol. The molecule has 2 rings (SSSR count). The van der Waals surface area contributed by atoms with Crippen molar-refractivity contribution in [1.29, 1.82) is 0 Å². The summed E-state index contributed by atoms with van der Waals surface area (Å²) in [5, 5.41) is 10.6. The van der Waals surface area contributed by atoms with Crippen LogP contribution in [0.2, 0.25) is 0 Å². The summed E-state index contributed by atoms with van der Waals surface area (Å²) >= 11 is 4.95. The Hall–Kier alpha value is -1.37. The molecule has 0 fully saturated rings. The van der Waals surface area contributed by atoms with Crippen LogP contribution in [0, 0.1) is 10.1 Å². The van der Waals surface area contributed by atoms with Crippen LogP contribution >= 0.6 is 27.7 Å². The second-order valence-corrected chi connectivity index (χ2v) is 5.84. The van der Waals surface area contributed by atoms with Gasteiger partial charge in [0.2, 0.25) is 0 Å². The van der Waals surface area contributed by atoms with Gasteiger partial charge in [-0.2, -0.15) is 0 Å². The van der Waals surface area contributed by atoms with Gasteiger partial charge in [0, 0.05) is 32.9 Å². The SMILES string of the molecule is NCc1cc(Br)ccc1Sc1ccc([N+](=O)[O-])cc1. The fraction of sp³-hybridized carbons (Fsp3) is 0.0769. The van der Waals surface area contributed by atoms with Crippen LogP contribution in [0.1, 0.15) is 5.56 Å². The van der Waals surface area contributed by atoms with Crippen molar-refractivity contribution in [3.05, 3.63) is 62.6 Å². The second kappa shape index (κ2) is 6.18. The first kappa shape index (κ1) is 14.0. The third-order valence-electron chi connectivity index (χ3n) is 2.52. The van der Waals surface area contributed by atoms with Gasteiger partial charge in [0.05, 0.1) is 4.92 Å². The van der Waals surface area contributed by atoms with Crippen molar-refractivity contribution in [2.24, 2.45) is 5.73 Å². The van der Waals surface area contributed by atoms with E-state index in [1.807, 2.05) is 18.2 Å². The zero-order chi connectivity index (χ0) is 13.8. The molecule has 2 aromatic rings. The number of rotatable bonds is 4. The predicted molar refractivity (Wildman–Crippen MR) is 79.3 cm³/mol. The van der Waals surface area contributed by atoms with Crippen molar-refractivity contribution in [2.45, 2.75) is 16.3 Å². The Morgan fingerprint density at radius 3 is 2.47 bits per heavy atom. The molecule has 0 heterocycles. The van der Waals surface area contributed by atoms with Gasteiger partial charge in [-0.15, -0.1) is 0 Å². The summed E-state index contributed by atoms with van der Waals surface area (Å²) in [6.45, 7) is 0.453. The molecule has 6 heteroatoms. The van der Waals surface area contributed by atoms with Crippen LogP contribution in [-0.2, 0) is 6.54 Å². The highest BCUT2D eigenvalue weighted by Crippen LogP contribution is 2.32. The lowest BCUT2D eigenvalue weighted by Gasteiger charge is -2.07. The molecule has 98 valence electrons. The summed E-state index contributed by atoms with van der Waals surface area (Å²) in [6.07, 6.45) is 0. The van der Waals surface area contributed by atoms with Crippen LogP contribution in [-0.4, -0.2) is 4.92 Å². The van der Waals surface area contributed by atoms with Crippen LogP contribution < -0.4 is 5.73 Å². The average molecular weight is 339 g/mol. The van der Waals surface area contributed by atoms with Crippen LogP contribution in [0.5, 0.6) is 0 Å². The minimum atomic E-state index is -0.403. The van der Waals surface area contributed by atoms with E-state index in [0.29, 0.717) is 6.54 Å². The Balaban J connectivity index is 2.23. The molecule has 2 N–H and O–H groups in total. The van der Waals surface area contributed by atoms with Gasteiger partial charge >= 0.3 is 0 Å². The summed E-state index contributed by atoms with van der Waals surface area (Å²) in [6, 6.07) is 12.4. The second-order valence-electron chi connectivity index (χ2n) is 3.81. The van der Waals surface area contributed by atoms with E-state index in [1.54, 1.807) is 23.9 Å². The highest BCUT2D eigenvalue weighted by molar-refractivity contribution is 9.10. The van der Waals surface area contributed by atoms with E-state index in [0.717, 1.165) is 19.8 Å². The number of nitrogens with zero attached hydrogens (tertiary/aromatic N) is 1. The number of nitro groups is 1. The largest absolute Gasteiger partial charge is 0.326 e. The van der Waals surface area contributed by atoms with Crippen molar-refractivity contribution >= 4 is 33.4 Å². The molecular weight excluding hydrogens is 328 g/mol. The minimum Gasteiger partial charge on any atom is -0.326 e. The number of nitrogens with two attached hydrogens (primary N) is 1. The van der Waals surface area contributed by atoms with E-state index in [9.17, 15) is 10.1 Å². The molecule has 0 radical (unpaired) electrons. The van der Waals surface area contributed by atoms with Gasteiger partial charge in [0.15, 0.2) is 0 Å². The Labute approximate surface area is 123 Å². The number of halogens is 1.